The van der Waals surface area contributed by atoms with Crippen molar-refractivity contribution >= 4 is 39.9 Å². The molecule has 6 heteroatoms. The van der Waals surface area contributed by atoms with Crippen molar-refractivity contribution in [3.8, 4) is 10.7 Å². The van der Waals surface area contributed by atoms with Crippen LogP contribution in [0.1, 0.15) is 13.8 Å². The van der Waals surface area contributed by atoms with E-state index in [0.29, 0.717) is 24.0 Å². The topological polar surface area (TPSA) is 54.9 Å². The van der Waals surface area contributed by atoms with Gasteiger partial charge in [0.1, 0.15) is 5.03 Å². The van der Waals surface area contributed by atoms with Crippen LogP contribution in [0.5, 0.6) is 0 Å². The van der Waals surface area contributed by atoms with E-state index in [0.717, 1.165) is 20.8 Å². The number of benzene rings is 1. The number of thioether (sulfide) groups is 1. The summed E-state index contributed by atoms with van der Waals surface area (Å²) >= 11 is 3.08. The van der Waals surface area contributed by atoms with Gasteiger partial charge in [0.25, 0.3) is 0 Å². The van der Waals surface area contributed by atoms with Crippen molar-refractivity contribution in [2.75, 3.05) is 12.3 Å². The van der Waals surface area contributed by atoms with E-state index in [2.05, 4.69) is 24.1 Å². The van der Waals surface area contributed by atoms with Crippen molar-refractivity contribution in [1.29, 1.82) is 0 Å². The molecule has 2 aromatic heterocycles. The number of rotatable bonds is 6. The van der Waals surface area contributed by atoms with E-state index < -0.39 is 0 Å². The Morgan fingerprint density at radius 1 is 1.21 bits per heavy atom. The smallest absolute Gasteiger partial charge is 0.230 e. The van der Waals surface area contributed by atoms with E-state index in [4.69, 9.17) is 4.98 Å². The van der Waals surface area contributed by atoms with Gasteiger partial charge in [-0.15, -0.1) is 11.3 Å². The Morgan fingerprint density at radius 3 is 2.79 bits per heavy atom. The van der Waals surface area contributed by atoms with E-state index in [-0.39, 0.29) is 5.91 Å². The largest absolute Gasteiger partial charge is 0.355 e. The second-order valence-electron chi connectivity index (χ2n) is 5.83. The van der Waals surface area contributed by atoms with Gasteiger partial charge in [-0.1, -0.05) is 49.9 Å². The van der Waals surface area contributed by atoms with Gasteiger partial charge in [0.15, 0.2) is 5.82 Å². The Balaban J connectivity index is 1.84. The van der Waals surface area contributed by atoms with E-state index in [1.165, 1.54) is 11.8 Å². The maximum Gasteiger partial charge on any atom is 0.230 e. The first-order valence-electron chi connectivity index (χ1n) is 7.83. The first-order chi connectivity index (χ1) is 11.6. The molecule has 3 aromatic rings. The Labute approximate surface area is 149 Å². The molecular weight excluding hydrogens is 338 g/mol. The molecule has 0 spiro atoms. The number of hydrogen-bond acceptors (Lipinski definition) is 5. The molecule has 124 valence electrons. The lowest BCUT2D eigenvalue weighted by Gasteiger charge is -2.09. The summed E-state index contributed by atoms with van der Waals surface area (Å²) < 4.78 is 0. The molecule has 4 nitrogen and oxygen atoms in total. The first kappa shape index (κ1) is 16.9. The van der Waals surface area contributed by atoms with E-state index in [1.54, 1.807) is 11.3 Å². The standard InChI is InChI=1S/C18H19N3OS2/c1-12(2)10-19-16(22)11-24-18-13-6-3-4-7-14(13)20-17(21-18)15-8-5-9-23-15/h3-9,12H,10-11H2,1-2H3,(H,19,22). The van der Waals surface area contributed by atoms with Gasteiger partial charge in [0, 0.05) is 11.9 Å². The highest BCUT2D eigenvalue weighted by molar-refractivity contribution is 8.00. The molecule has 2 heterocycles. The van der Waals surface area contributed by atoms with Crippen LogP contribution in [0.25, 0.3) is 21.6 Å². The highest BCUT2D eigenvalue weighted by Gasteiger charge is 2.12. The van der Waals surface area contributed by atoms with Crippen LogP contribution in [-0.2, 0) is 4.79 Å². The number of carbonyl (C=O) groups excluding carboxylic acids is 1. The molecule has 1 aromatic carbocycles. The molecule has 0 saturated carbocycles. The fourth-order valence-corrected chi connectivity index (χ4v) is 3.68. The Hall–Kier alpha value is -1.92. The Bertz CT molecular complexity index is 831. The van der Waals surface area contributed by atoms with Gasteiger partial charge in [-0.3, -0.25) is 4.79 Å². The summed E-state index contributed by atoms with van der Waals surface area (Å²) in [5, 5.41) is 6.79. The SMILES string of the molecule is CC(C)CNC(=O)CSc1nc(-c2cccs2)nc2ccccc12. The molecule has 24 heavy (non-hydrogen) atoms. The number of para-hydroxylation sites is 1. The minimum absolute atomic E-state index is 0.0362. The van der Waals surface area contributed by atoms with Gasteiger partial charge in [-0.25, -0.2) is 9.97 Å². The normalized spacial score (nSPS) is 11.1. The molecule has 0 aliphatic rings. The van der Waals surface area contributed by atoms with Crippen LogP contribution in [-0.4, -0.2) is 28.2 Å². The quantitative estimate of drug-likeness (QED) is 0.530. The lowest BCUT2D eigenvalue weighted by Crippen LogP contribution is -2.28. The second-order valence-corrected chi connectivity index (χ2v) is 7.75. The summed E-state index contributed by atoms with van der Waals surface area (Å²) in [4.78, 5) is 22.4. The molecule has 1 amide bonds. The number of fused-ring (bicyclic) bond motifs is 1. The highest BCUT2D eigenvalue weighted by Crippen LogP contribution is 2.29. The first-order valence-corrected chi connectivity index (χ1v) is 9.70. The molecule has 0 atom stereocenters. The van der Waals surface area contributed by atoms with Crippen molar-refractivity contribution in [3.63, 3.8) is 0 Å². The molecular formula is C18H19N3OS2. The Morgan fingerprint density at radius 2 is 2.04 bits per heavy atom. The molecule has 3 rings (SSSR count). The molecule has 1 N–H and O–H groups in total. The summed E-state index contributed by atoms with van der Waals surface area (Å²) in [6.07, 6.45) is 0. The number of nitrogens with zero attached hydrogens (tertiary/aromatic N) is 2. The van der Waals surface area contributed by atoms with Crippen molar-refractivity contribution < 1.29 is 4.79 Å². The average molecular weight is 358 g/mol. The van der Waals surface area contributed by atoms with Crippen LogP contribution in [0.15, 0.2) is 46.8 Å². The van der Waals surface area contributed by atoms with Crippen molar-refractivity contribution in [1.82, 2.24) is 15.3 Å². The van der Waals surface area contributed by atoms with Gasteiger partial charge >= 0.3 is 0 Å². The number of carbonyl (C=O) groups is 1. The summed E-state index contributed by atoms with van der Waals surface area (Å²) in [5.41, 5.74) is 0.904. The molecule has 0 fully saturated rings. The lowest BCUT2D eigenvalue weighted by atomic mass is 10.2. The van der Waals surface area contributed by atoms with Gasteiger partial charge in [0.2, 0.25) is 5.91 Å². The minimum Gasteiger partial charge on any atom is -0.355 e. The molecule has 0 bridgehead atoms. The van der Waals surface area contributed by atoms with Crippen LogP contribution in [0.4, 0.5) is 0 Å². The summed E-state index contributed by atoms with van der Waals surface area (Å²) in [6, 6.07) is 11.9. The van der Waals surface area contributed by atoms with Crippen LogP contribution in [0.3, 0.4) is 0 Å². The maximum atomic E-state index is 12.0. The number of thiophene rings is 1. The number of hydrogen-bond donors (Lipinski definition) is 1. The molecule has 0 unspecified atom stereocenters. The maximum absolute atomic E-state index is 12.0. The predicted octanol–water partition coefficient (Wildman–Crippen LogP) is 4.22. The van der Waals surface area contributed by atoms with Crippen LogP contribution < -0.4 is 5.32 Å². The molecule has 0 aliphatic heterocycles. The number of aromatic nitrogens is 2. The number of nitrogens with one attached hydrogen (secondary N) is 1. The third-order valence-corrected chi connectivity index (χ3v) is 5.21. The molecule has 0 radical (unpaired) electrons. The van der Waals surface area contributed by atoms with Crippen LogP contribution >= 0.6 is 23.1 Å². The zero-order valence-electron chi connectivity index (χ0n) is 13.7. The fourth-order valence-electron chi connectivity index (χ4n) is 2.18. The van der Waals surface area contributed by atoms with E-state index in [1.807, 2.05) is 41.8 Å². The van der Waals surface area contributed by atoms with Crippen LogP contribution in [0.2, 0.25) is 0 Å². The third kappa shape index (κ3) is 4.13. The van der Waals surface area contributed by atoms with Crippen LogP contribution in [0, 0.1) is 5.92 Å². The minimum atomic E-state index is 0.0362. The number of amides is 1. The predicted molar refractivity (Wildman–Crippen MR) is 101 cm³/mol. The molecule has 0 saturated heterocycles. The van der Waals surface area contributed by atoms with Gasteiger partial charge in [0.05, 0.1) is 16.1 Å². The van der Waals surface area contributed by atoms with Crippen molar-refractivity contribution in [2.45, 2.75) is 18.9 Å². The molecule has 0 aliphatic carbocycles. The highest BCUT2D eigenvalue weighted by atomic mass is 32.2. The average Bonchev–Trinajstić information content (AvgIpc) is 3.12. The van der Waals surface area contributed by atoms with Crippen molar-refractivity contribution in [3.05, 3.63) is 41.8 Å². The van der Waals surface area contributed by atoms with E-state index >= 15 is 0 Å². The third-order valence-electron chi connectivity index (χ3n) is 3.36. The van der Waals surface area contributed by atoms with Crippen molar-refractivity contribution in [2.24, 2.45) is 5.92 Å². The monoisotopic (exact) mass is 357 g/mol. The van der Waals surface area contributed by atoms with Gasteiger partial charge in [-0.2, -0.15) is 0 Å². The van der Waals surface area contributed by atoms with E-state index in [9.17, 15) is 4.79 Å². The van der Waals surface area contributed by atoms with Gasteiger partial charge < -0.3 is 5.32 Å². The summed E-state index contributed by atoms with van der Waals surface area (Å²) in [6.45, 7) is 4.86. The zero-order valence-corrected chi connectivity index (χ0v) is 15.3. The summed E-state index contributed by atoms with van der Waals surface area (Å²) in [5.74, 6) is 1.56. The van der Waals surface area contributed by atoms with Gasteiger partial charge in [-0.05, 0) is 23.4 Å². The zero-order chi connectivity index (χ0) is 16.9. The fraction of sp³-hybridized carbons (Fsp3) is 0.278. The second kappa shape index (κ2) is 7.77. The lowest BCUT2D eigenvalue weighted by molar-refractivity contribution is -0.118. The summed E-state index contributed by atoms with van der Waals surface area (Å²) in [7, 11) is 0. The Kier molecular flexibility index (Phi) is 5.48.